The monoisotopic (exact) mass is 496 g/mol. The van der Waals surface area contributed by atoms with Crippen molar-refractivity contribution in [3.05, 3.63) is 119 Å². The molecule has 0 bridgehead atoms. The minimum atomic E-state index is -0.438. The maximum Gasteiger partial charge on any atom is 0.255 e. The number of hydrogen-bond donors (Lipinski definition) is 2. The molecule has 36 heavy (non-hydrogen) atoms. The van der Waals surface area contributed by atoms with E-state index in [0.29, 0.717) is 17.0 Å². The van der Waals surface area contributed by atoms with Crippen LogP contribution in [-0.4, -0.2) is 18.9 Å². The first-order chi connectivity index (χ1) is 17.4. The predicted octanol–water partition coefficient (Wildman–Crippen LogP) is 7.04. The lowest BCUT2D eigenvalue weighted by Crippen LogP contribution is -2.19. The number of aryl methyl sites for hydroxylation is 2. The number of ether oxygens (including phenoxy) is 1. The van der Waals surface area contributed by atoms with Gasteiger partial charge in [-0.1, -0.05) is 36.4 Å². The number of thioether (sulfide) groups is 1. The molecule has 0 aliphatic carbocycles. The minimum Gasteiger partial charge on any atom is -0.497 e. The highest BCUT2D eigenvalue weighted by Crippen LogP contribution is 2.37. The van der Waals surface area contributed by atoms with Crippen LogP contribution in [0.3, 0.4) is 0 Å². The SMILES string of the molecule is COc1ccc(C(=O)Nc2ccc(SC(C(=O)Nc3cc(C)cc(C)c3)c3ccccc3)cc2)cc1. The van der Waals surface area contributed by atoms with Crippen molar-refractivity contribution in [2.45, 2.75) is 24.0 Å². The lowest BCUT2D eigenvalue weighted by atomic mass is 10.1. The summed E-state index contributed by atoms with van der Waals surface area (Å²) < 4.78 is 5.14. The molecule has 0 aliphatic heterocycles. The summed E-state index contributed by atoms with van der Waals surface area (Å²) in [6.45, 7) is 4.03. The number of benzene rings is 4. The number of amides is 2. The van der Waals surface area contributed by atoms with Crippen LogP contribution in [0, 0.1) is 13.8 Å². The third-order valence-corrected chi connectivity index (χ3v) is 6.81. The zero-order chi connectivity index (χ0) is 25.5. The smallest absolute Gasteiger partial charge is 0.255 e. The molecule has 4 aromatic carbocycles. The highest BCUT2D eigenvalue weighted by molar-refractivity contribution is 8.00. The average Bonchev–Trinajstić information content (AvgIpc) is 2.88. The van der Waals surface area contributed by atoms with Crippen LogP contribution in [0.15, 0.2) is 102 Å². The Morgan fingerprint density at radius 1 is 0.750 bits per heavy atom. The van der Waals surface area contributed by atoms with Gasteiger partial charge in [-0.05, 0) is 91.2 Å². The van der Waals surface area contributed by atoms with Gasteiger partial charge < -0.3 is 15.4 Å². The topological polar surface area (TPSA) is 67.4 Å². The summed E-state index contributed by atoms with van der Waals surface area (Å²) >= 11 is 1.47. The summed E-state index contributed by atoms with van der Waals surface area (Å²) in [7, 11) is 1.59. The molecular formula is C30H28N2O3S. The van der Waals surface area contributed by atoms with Crippen LogP contribution in [0.2, 0.25) is 0 Å². The van der Waals surface area contributed by atoms with E-state index in [4.69, 9.17) is 4.74 Å². The fourth-order valence-corrected chi connectivity index (χ4v) is 4.88. The van der Waals surface area contributed by atoms with E-state index in [1.165, 1.54) is 11.8 Å². The van der Waals surface area contributed by atoms with Crippen molar-refractivity contribution in [2.24, 2.45) is 0 Å². The highest BCUT2D eigenvalue weighted by atomic mass is 32.2. The number of nitrogens with one attached hydrogen (secondary N) is 2. The van der Waals surface area contributed by atoms with Crippen molar-refractivity contribution < 1.29 is 14.3 Å². The molecule has 0 spiro atoms. The Bertz CT molecular complexity index is 1320. The standard InChI is InChI=1S/C30H28N2O3S/c1-20-17-21(2)19-25(18-20)32-30(34)28(22-7-5-4-6-8-22)36-27-15-11-24(12-16-27)31-29(33)23-9-13-26(35-3)14-10-23/h4-19,28H,1-3H3,(H,31,33)(H,32,34). The Morgan fingerprint density at radius 3 is 2.00 bits per heavy atom. The van der Waals surface area contributed by atoms with E-state index in [0.717, 1.165) is 27.3 Å². The van der Waals surface area contributed by atoms with Gasteiger partial charge in [0.25, 0.3) is 5.91 Å². The number of carbonyl (C=O) groups excluding carboxylic acids is 2. The van der Waals surface area contributed by atoms with Crippen LogP contribution in [-0.2, 0) is 4.79 Å². The van der Waals surface area contributed by atoms with Crippen LogP contribution >= 0.6 is 11.8 Å². The fourth-order valence-electron chi connectivity index (χ4n) is 3.85. The molecule has 0 aliphatic rings. The number of rotatable bonds is 8. The molecule has 4 aromatic rings. The average molecular weight is 497 g/mol. The first-order valence-corrected chi connectivity index (χ1v) is 12.5. The lowest BCUT2D eigenvalue weighted by molar-refractivity contribution is -0.115. The maximum atomic E-state index is 13.4. The molecule has 0 saturated carbocycles. The molecule has 2 N–H and O–H groups in total. The number of carbonyl (C=O) groups is 2. The first kappa shape index (κ1) is 25.1. The molecule has 6 heteroatoms. The van der Waals surface area contributed by atoms with Crippen molar-refractivity contribution in [1.82, 2.24) is 0 Å². The van der Waals surface area contributed by atoms with Gasteiger partial charge in [-0.2, -0.15) is 0 Å². The van der Waals surface area contributed by atoms with Crippen LogP contribution in [0.5, 0.6) is 5.75 Å². The van der Waals surface area contributed by atoms with Gasteiger partial charge in [0.2, 0.25) is 5.91 Å². The van der Waals surface area contributed by atoms with Gasteiger partial charge in [0, 0.05) is 21.8 Å². The molecule has 2 amide bonds. The third kappa shape index (κ3) is 6.55. The third-order valence-electron chi connectivity index (χ3n) is 5.55. The first-order valence-electron chi connectivity index (χ1n) is 11.6. The number of methoxy groups -OCH3 is 1. The zero-order valence-electron chi connectivity index (χ0n) is 20.4. The maximum absolute atomic E-state index is 13.4. The van der Waals surface area contributed by atoms with Crippen LogP contribution in [0.1, 0.15) is 32.3 Å². The van der Waals surface area contributed by atoms with Crippen LogP contribution < -0.4 is 15.4 Å². The lowest BCUT2D eigenvalue weighted by Gasteiger charge is -2.18. The van der Waals surface area contributed by atoms with Crippen molar-refractivity contribution in [3.8, 4) is 5.75 Å². The summed E-state index contributed by atoms with van der Waals surface area (Å²) in [5.41, 5.74) is 5.12. The Labute approximate surface area is 215 Å². The van der Waals surface area contributed by atoms with Gasteiger partial charge in [0.1, 0.15) is 11.0 Å². The zero-order valence-corrected chi connectivity index (χ0v) is 21.3. The highest BCUT2D eigenvalue weighted by Gasteiger charge is 2.22. The largest absolute Gasteiger partial charge is 0.497 e. The van der Waals surface area contributed by atoms with Gasteiger partial charge >= 0.3 is 0 Å². The molecular weight excluding hydrogens is 468 g/mol. The Hall–Kier alpha value is -4.03. The summed E-state index contributed by atoms with van der Waals surface area (Å²) in [6, 6.07) is 30.2. The second-order valence-electron chi connectivity index (χ2n) is 8.48. The van der Waals surface area contributed by atoms with Gasteiger partial charge in [-0.15, -0.1) is 11.8 Å². The normalized spacial score (nSPS) is 11.4. The van der Waals surface area contributed by atoms with Gasteiger partial charge in [0.15, 0.2) is 0 Å². The van der Waals surface area contributed by atoms with E-state index in [-0.39, 0.29) is 11.8 Å². The Morgan fingerprint density at radius 2 is 1.39 bits per heavy atom. The molecule has 1 unspecified atom stereocenters. The van der Waals surface area contributed by atoms with E-state index in [1.807, 2.05) is 80.6 Å². The molecule has 0 radical (unpaired) electrons. The van der Waals surface area contributed by atoms with E-state index in [9.17, 15) is 9.59 Å². The molecule has 4 rings (SSSR count). The summed E-state index contributed by atoms with van der Waals surface area (Å²) in [5, 5.41) is 5.55. The number of anilines is 2. The Kier molecular flexibility index (Phi) is 8.08. The minimum absolute atomic E-state index is 0.0897. The quantitative estimate of drug-likeness (QED) is 0.257. The van der Waals surface area contributed by atoms with Crippen molar-refractivity contribution in [2.75, 3.05) is 17.7 Å². The summed E-state index contributed by atoms with van der Waals surface area (Å²) in [6.07, 6.45) is 0. The Balaban J connectivity index is 1.48. The summed E-state index contributed by atoms with van der Waals surface area (Å²) in [4.78, 5) is 26.8. The van der Waals surface area contributed by atoms with Gasteiger partial charge in [-0.25, -0.2) is 0 Å². The molecule has 182 valence electrons. The molecule has 1 atom stereocenters. The van der Waals surface area contributed by atoms with Crippen molar-refractivity contribution >= 4 is 35.0 Å². The van der Waals surface area contributed by atoms with E-state index in [2.05, 4.69) is 16.7 Å². The fraction of sp³-hybridized carbons (Fsp3) is 0.133. The van der Waals surface area contributed by atoms with E-state index >= 15 is 0 Å². The number of hydrogen-bond acceptors (Lipinski definition) is 4. The van der Waals surface area contributed by atoms with Gasteiger partial charge in [-0.3, -0.25) is 9.59 Å². The van der Waals surface area contributed by atoms with Crippen molar-refractivity contribution in [1.29, 1.82) is 0 Å². The predicted molar refractivity (Wildman–Crippen MR) is 147 cm³/mol. The van der Waals surface area contributed by atoms with E-state index in [1.54, 1.807) is 31.4 Å². The van der Waals surface area contributed by atoms with E-state index < -0.39 is 5.25 Å². The molecule has 0 saturated heterocycles. The van der Waals surface area contributed by atoms with Crippen molar-refractivity contribution in [3.63, 3.8) is 0 Å². The molecule has 0 fully saturated rings. The molecule has 0 aromatic heterocycles. The molecule has 5 nitrogen and oxygen atoms in total. The second-order valence-corrected chi connectivity index (χ2v) is 9.66. The molecule has 0 heterocycles. The van der Waals surface area contributed by atoms with Crippen LogP contribution in [0.25, 0.3) is 0 Å². The summed E-state index contributed by atoms with van der Waals surface area (Å²) in [5.74, 6) is 0.406. The van der Waals surface area contributed by atoms with Gasteiger partial charge in [0.05, 0.1) is 7.11 Å². The second kappa shape index (κ2) is 11.6. The van der Waals surface area contributed by atoms with Crippen LogP contribution in [0.4, 0.5) is 11.4 Å².